The molecule has 1 saturated heterocycles. The van der Waals surface area contributed by atoms with Crippen molar-refractivity contribution < 1.29 is 4.79 Å². The van der Waals surface area contributed by atoms with Gasteiger partial charge in [-0.2, -0.15) is 0 Å². The Morgan fingerprint density at radius 1 is 1.24 bits per heavy atom. The Balaban J connectivity index is 1.56. The minimum absolute atomic E-state index is 0.336. The van der Waals surface area contributed by atoms with Gasteiger partial charge in [-0.05, 0) is 50.0 Å². The van der Waals surface area contributed by atoms with Gasteiger partial charge in [0.1, 0.15) is 0 Å². The van der Waals surface area contributed by atoms with Crippen LogP contribution in [0.3, 0.4) is 0 Å². The molecule has 3 heteroatoms. The predicted octanol–water partition coefficient (Wildman–Crippen LogP) is 1.54. The maximum Gasteiger partial charge on any atom is 0.223 e. The lowest BCUT2D eigenvalue weighted by Crippen LogP contribution is -2.52. The van der Waals surface area contributed by atoms with Crippen LogP contribution < -0.4 is 10.6 Å². The largest absolute Gasteiger partial charge is 0.352 e. The van der Waals surface area contributed by atoms with E-state index >= 15 is 0 Å². The molecule has 0 aromatic heterocycles. The molecule has 5 atom stereocenters. The molecule has 2 N–H and O–H groups in total. The van der Waals surface area contributed by atoms with Gasteiger partial charge in [-0.25, -0.2) is 0 Å². The van der Waals surface area contributed by atoms with Crippen LogP contribution in [0.15, 0.2) is 0 Å². The molecule has 2 saturated carbocycles. The Hall–Kier alpha value is -0.570. The fraction of sp³-hybridized carbons (Fsp3) is 0.929. The van der Waals surface area contributed by atoms with Crippen molar-refractivity contribution in [3.8, 4) is 0 Å². The number of nitrogens with one attached hydrogen (secondary N) is 2. The Kier molecular flexibility index (Phi) is 3.12. The summed E-state index contributed by atoms with van der Waals surface area (Å²) in [6, 6.07) is 0.357. The summed E-state index contributed by atoms with van der Waals surface area (Å²) in [5.41, 5.74) is 0. The van der Waals surface area contributed by atoms with Crippen LogP contribution in [0, 0.1) is 23.7 Å². The molecular weight excluding hydrogens is 212 g/mol. The highest BCUT2D eigenvalue weighted by Gasteiger charge is 2.43. The van der Waals surface area contributed by atoms with Gasteiger partial charge in [0.25, 0.3) is 0 Å². The second-order valence-electron chi connectivity index (χ2n) is 6.37. The maximum atomic E-state index is 12.3. The Morgan fingerprint density at radius 3 is 2.76 bits per heavy atom. The molecule has 3 nitrogen and oxygen atoms in total. The first kappa shape index (κ1) is 11.5. The zero-order valence-corrected chi connectivity index (χ0v) is 10.7. The molecule has 0 aromatic carbocycles. The third kappa shape index (κ3) is 2.22. The van der Waals surface area contributed by atoms with E-state index in [9.17, 15) is 4.79 Å². The summed E-state index contributed by atoms with van der Waals surface area (Å²) >= 11 is 0. The monoisotopic (exact) mass is 236 g/mol. The topological polar surface area (TPSA) is 41.1 Å². The molecule has 3 aliphatic rings. The summed E-state index contributed by atoms with van der Waals surface area (Å²) in [6.45, 7) is 4.31. The maximum absolute atomic E-state index is 12.3. The molecule has 0 radical (unpaired) electrons. The van der Waals surface area contributed by atoms with Crippen molar-refractivity contribution in [2.75, 3.05) is 13.1 Å². The summed E-state index contributed by atoms with van der Waals surface area (Å²) < 4.78 is 0. The van der Waals surface area contributed by atoms with Crippen LogP contribution in [-0.2, 0) is 4.79 Å². The molecule has 2 aliphatic carbocycles. The van der Waals surface area contributed by atoms with Gasteiger partial charge in [-0.1, -0.05) is 13.3 Å². The molecule has 1 aliphatic heterocycles. The molecule has 2 bridgehead atoms. The molecule has 0 aromatic rings. The molecule has 96 valence electrons. The van der Waals surface area contributed by atoms with Gasteiger partial charge >= 0.3 is 0 Å². The van der Waals surface area contributed by atoms with E-state index in [0.29, 0.717) is 29.7 Å². The summed E-state index contributed by atoms with van der Waals surface area (Å²) in [7, 11) is 0. The van der Waals surface area contributed by atoms with Gasteiger partial charge in [0.2, 0.25) is 5.91 Å². The summed E-state index contributed by atoms with van der Waals surface area (Å²) in [4.78, 5) is 12.3. The molecule has 1 amide bonds. The lowest BCUT2D eigenvalue weighted by atomic mass is 9.87. The quantitative estimate of drug-likeness (QED) is 0.763. The molecule has 5 unspecified atom stereocenters. The first-order valence-electron chi connectivity index (χ1n) is 7.25. The summed E-state index contributed by atoms with van der Waals surface area (Å²) in [5, 5.41) is 6.67. The standard InChI is InChI=1S/C14H24N2O/c1-9-4-5-15-8-13(9)16-14(17)12-7-10-2-3-11(12)6-10/h9-13,15H,2-8H2,1H3,(H,16,17). The van der Waals surface area contributed by atoms with Crippen molar-refractivity contribution in [3.05, 3.63) is 0 Å². The SMILES string of the molecule is CC1CCNCC1NC(=O)C1CC2CCC1C2. The minimum atomic E-state index is 0.336. The van der Waals surface area contributed by atoms with E-state index in [2.05, 4.69) is 17.6 Å². The lowest BCUT2D eigenvalue weighted by Gasteiger charge is -2.32. The van der Waals surface area contributed by atoms with Crippen molar-refractivity contribution >= 4 is 5.91 Å². The Labute approximate surface area is 104 Å². The van der Waals surface area contributed by atoms with Crippen LogP contribution in [0.1, 0.15) is 39.0 Å². The van der Waals surface area contributed by atoms with Crippen molar-refractivity contribution in [3.63, 3.8) is 0 Å². The second kappa shape index (κ2) is 4.60. The van der Waals surface area contributed by atoms with Crippen LogP contribution in [0.4, 0.5) is 0 Å². The fourth-order valence-electron chi connectivity index (χ4n) is 4.04. The van der Waals surface area contributed by atoms with Gasteiger partial charge in [-0.15, -0.1) is 0 Å². The molecule has 0 spiro atoms. The number of carbonyl (C=O) groups excluding carboxylic acids is 1. The van der Waals surface area contributed by atoms with Crippen LogP contribution in [0.2, 0.25) is 0 Å². The molecular formula is C14H24N2O. The highest BCUT2D eigenvalue weighted by Crippen LogP contribution is 2.48. The van der Waals surface area contributed by atoms with Gasteiger partial charge < -0.3 is 10.6 Å². The van der Waals surface area contributed by atoms with E-state index in [1.54, 1.807) is 0 Å². The molecule has 3 rings (SSSR count). The number of hydrogen-bond donors (Lipinski definition) is 2. The summed E-state index contributed by atoms with van der Waals surface area (Å²) in [5.74, 6) is 2.86. The third-order valence-electron chi connectivity index (χ3n) is 5.23. The third-order valence-corrected chi connectivity index (χ3v) is 5.23. The van der Waals surface area contributed by atoms with E-state index in [4.69, 9.17) is 0 Å². The summed E-state index contributed by atoms with van der Waals surface area (Å²) in [6.07, 6.45) is 6.32. The Morgan fingerprint density at radius 2 is 2.12 bits per heavy atom. The van der Waals surface area contributed by atoms with Gasteiger partial charge in [0.15, 0.2) is 0 Å². The van der Waals surface area contributed by atoms with E-state index in [0.717, 1.165) is 25.4 Å². The number of hydrogen-bond acceptors (Lipinski definition) is 2. The molecule has 17 heavy (non-hydrogen) atoms. The fourth-order valence-corrected chi connectivity index (χ4v) is 4.04. The first-order valence-corrected chi connectivity index (χ1v) is 7.25. The number of piperidine rings is 1. The van der Waals surface area contributed by atoms with Crippen molar-refractivity contribution in [2.24, 2.45) is 23.7 Å². The normalized spacial score (nSPS) is 44.9. The average Bonchev–Trinajstić information content (AvgIpc) is 2.94. The van der Waals surface area contributed by atoms with Gasteiger partial charge in [0.05, 0.1) is 0 Å². The number of rotatable bonds is 2. The number of amides is 1. The van der Waals surface area contributed by atoms with Crippen molar-refractivity contribution in [2.45, 2.75) is 45.1 Å². The van der Waals surface area contributed by atoms with Crippen molar-refractivity contribution in [1.29, 1.82) is 0 Å². The van der Waals surface area contributed by atoms with Crippen LogP contribution in [0.25, 0.3) is 0 Å². The average molecular weight is 236 g/mol. The molecule has 1 heterocycles. The van der Waals surface area contributed by atoms with E-state index in [1.807, 2.05) is 0 Å². The Bertz CT molecular complexity index is 305. The van der Waals surface area contributed by atoms with Gasteiger partial charge in [-0.3, -0.25) is 4.79 Å². The van der Waals surface area contributed by atoms with Crippen LogP contribution >= 0.6 is 0 Å². The number of carbonyl (C=O) groups is 1. The van der Waals surface area contributed by atoms with Crippen LogP contribution in [0.5, 0.6) is 0 Å². The second-order valence-corrected chi connectivity index (χ2v) is 6.37. The van der Waals surface area contributed by atoms with E-state index in [-0.39, 0.29) is 0 Å². The van der Waals surface area contributed by atoms with Crippen molar-refractivity contribution in [1.82, 2.24) is 10.6 Å². The zero-order valence-electron chi connectivity index (χ0n) is 10.7. The smallest absolute Gasteiger partial charge is 0.223 e. The molecule has 3 fully saturated rings. The zero-order chi connectivity index (χ0) is 11.8. The van der Waals surface area contributed by atoms with E-state index in [1.165, 1.54) is 25.7 Å². The number of fused-ring (bicyclic) bond motifs is 2. The highest BCUT2D eigenvalue weighted by molar-refractivity contribution is 5.79. The van der Waals surface area contributed by atoms with E-state index < -0.39 is 0 Å². The van der Waals surface area contributed by atoms with Crippen LogP contribution in [-0.4, -0.2) is 25.0 Å². The predicted molar refractivity (Wildman–Crippen MR) is 67.5 cm³/mol. The first-order chi connectivity index (χ1) is 8.24. The lowest BCUT2D eigenvalue weighted by molar-refractivity contribution is -0.127. The highest BCUT2D eigenvalue weighted by atomic mass is 16.2. The minimum Gasteiger partial charge on any atom is -0.352 e. The van der Waals surface area contributed by atoms with Gasteiger partial charge in [0, 0.05) is 18.5 Å².